The van der Waals surface area contributed by atoms with Crippen molar-refractivity contribution >= 4 is 23.3 Å². The fourth-order valence-electron chi connectivity index (χ4n) is 3.83. The van der Waals surface area contributed by atoms with Gasteiger partial charge in [-0.1, -0.05) is 36.4 Å². The number of hydrogen-bond acceptors (Lipinski definition) is 4. The normalized spacial score (nSPS) is 17.3. The first-order chi connectivity index (χ1) is 14.6. The van der Waals surface area contributed by atoms with Gasteiger partial charge in [-0.2, -0.15) is 0 Å². The maximum absolute atomic E-state index is 12.6. The minimum Gasteiger partial charge on any atom is -0.349 e. The zero-order valence-electron chi connectivity index (χ0n) is 17.0. The van der Waals surface area contributed by atoms with Crippen LogP contribution in [0.3, 0.4) is 0 Å². The average molecular weight is 405 g/mol. The number of benzene rings is 2. The third kappa shape index (κ3) is 5.33. The lowest BCUT2D eigenvalue weighted by molar-refractivity contribution is -0.117. The zero-order valence-corrected chi connectivity index (χ0v) is 17.0. The highest BCUT2D eigenvalue weighted by molar-refractivity contribution is 5.98. The van der Waals surface area contributed by atoms with E-state index in [-0.39, 0.29) is 30.1 Å². The van der Waals surface area contributed by atoms with E-state index in [2.05, 4.69) is 15.5 Å². The highest BCUT2D eigenvalue weighted by Crippen LogP contribution is 2.22. The van der Waals surface area contributed by atoms with Crippen LogP contribution >= 0.6 is 0 Å². The lowest BCUT2D eigenvalue weighted by Gasteiger charge is -2.30. The summed E-state index contributed by atoms with van der Waals surface area (Å²) in [7, 11) is 0. The smallest absolute Gasteiger partial charge is 0.251 e. The van der Waals surface area contributed by atoms with Gasteiger partial charge in [0.05, 0.1) is 6.54 Å². The molecule has 0 bridgehead atoms. The third-order valence-corrected chi connectivity index (χ3v) is 5.70. The number of nitrogens with one attached hydrogen (secondary N) is 2. The Balaban J connectivity index is 1.25. The lowest BCUT2D eigenvalue weighted by atomic mass is 9.89. The van der Waals surface area contributed by atoms with Crippen LogP contribution in [-0.2, 0) is 4.79 Å². The molecule has 2 amide bonds. The third-order valence-electron chi connectivity index (χ3n) is 5.70. The summed E-state index contributed by atoms with van der Waals surface area (Å²) in [6, 6.07) is 16.7. The second-order valence-electron chi connectivity index (χ2n) is 8.16. The van der Waals surface area contributed by atoms with Crippen molar-refractivity contribution in [2.75, 3.05) is 25.0 Å². The van der Waals surface area contributed by atoms with E-state index in [1.54, 1.807) is 24.3 Å². The SMILES string of the molecule is O=C(CN1CCC(C(=O)c2ccccc2)CC1)Nc1cccc(C(=O)NC2CC2)c1. The van der Waals surface area contributed by atoms with Crippen LogP contribution in [0, 0.1) is 5.92 Å². The van der Waals surface area contributed by atoms with Crippen molar-refractivity contribution in [1.82, 2.24) is 10.2 Å². The second kappa shape index (κ2) is 9.22. The summed E-state index contributed by atoms with van der Waals surface area (Å²) in [4.78, 5) is 39.3. The maximum Gasteiger partial charge on any atom is 0.251 e. The van der Waals surface area contributed by atoms with Gasteiger partial charge < -0.3 is 10.6 Å². The summed E-state index contributed by atoms with van der Waals surface area (Å²) in [6.45, 7) is 1.73. The van der Waals surface area contributed by atoms with Crippen LogP contribution in [-0.4, -0.2) is 48.2 Å². The number of carbonyl (C=O) groups is 3. The number of nitrogens with zero attached hydrogens (tertiary/aromatic N) is 1. The minimum atomic E-state index is -0.109. The first-order valence-corrected chi connectivity index (χ1v) is 10.6. The molecule has 0 radical (unpaired) electrons. The molecule has 1 heterocycles. The molecule has 0 aromatic heterocycles. The van der Waals surface area contributed by atoms with E-state index in [4.69, 9.17) is 0 Å². The van der Waals surface area contributed by atoms with Crippen molar-refractivity contribution in [3.05, 3.63) is 65.7 Å². The molecule has 1 saturated heterocycles. The topological polar surface area (TPSA) is 78.5 Å². The molecule has 0 spiro atoms. The molecule has 0 unspecified atom stereocenters. The monoisotopic (exact) mass is 405 g/mol. The Morgan fingerprint density at radius 3 is 2.27 bits per heavy atom. The van der Waals surface area contributed by atoms with Crippen molar-refractivity contribution in [2.45, 2.75) is 31.7 Å². The Hall–Kier alpha value is -2.99. The standard InChI is InChI=1S/C24H27N3O3/c28-22(25-21-8-4-7-19(15-21)24(30)26-20-9-10-20)16-27-13-11-18(12-14-27)23(29)17-5-2-1-3-6-17/h1-8,15,18,20H,9-14,16H2,(H,25,28)(H,26,30). The fourth-order valence-corrected chi connectivity index (χ4v) is 3.83. The molecular weight excluding hydrogens is 378 g/mol. The summed E-state index contributed by atoms with van der Waals surface area (Å²) in [5.41, 5.74) is 1.94. The molecule has 2 N–H and O–H groups in total. The zero-order chi connectivity index (χ0) is 20.9. The maximum atomic E-state index is 12.6. The van der Waals surface area contributed by atoms with E-state index in [0.717, 1.165) is 44.3 Å². The van der Waals surface area contributed by atoms with Crippen LogP contribution in [0.15, 0.2) is 54.6 Å². The molecule has 156 valence electrons. The molecule has 30 heavy (non-hydrogen) atoms. The molecule has 2 aromatic rings. The number of piperidine rings is 1. The Labute approximate surface area is 176 Å². The van der Waals surface area contributed by atoms with Crippen LogP contribution in [0.25, 0.3) is 0 Å². The van der Waals surface area contributed by atoms with E-state index >= 15 is 0 Å². The number of hydrogen-bond donors (Lipinski definition) is 2. The predicted molar refractivity (Wildman–Crippen MR) is 115 cm³/mol. The molecule has 2 aliphatic rings. The van der Waals surface area contributed by atoms with Gasteiger partial charge in [0.15, 0.2) is 5.78 Å². The number of Topliss-reactive ketones (excluding diaryl/α,β-unsaturated/α-hetero) is 1. The summed E-state index contributed by atoms with van der Waals surface area (Å²) < 4.78 is 0. The van der Waals surface area contributed by atoms with Gasteiger partial charge in [0.25, 0.3) is 5.91 Å². The largest absolute Gasteiger partial charge is 0.349 e. The van der Waals surface area contributed by atoms with Gasteiger partial charge in [-0.05, 0) is 57.0 Å². The van der Waals surface area contributed by atoms with Crippen LogP contribution < -0.4 is 10.6 Å². The number of rotatable bonds is 7. The van der Waals surface area contributed by atoms with Crippen LogP contribution in [0.4, 0.5) is 5.69 Å². The van der Waals surface area contributed by atoms with E-state index in [9.17, 15) is 14.4 Å². The van der Waals surface area contributed by atoms with Crippen LogP contribution in [0.5, 0.6) is 0 Å². The molecule has 4 rings (SSSR count). The summed E-state index contributed by atoms with van der Waals surface area (Å²) in [5, 5.41) is 5.84. The minimum absolute atomic E-state index is 0.0216. The number of carbonyl (C=O) groups excluding carboxylic acids is 3. The molecule has 2 fully saturated rings. The summed E-state index contributed by atoms with van der Waals surface area (Å²) >= 11 is 0. The fraction of sp³-hybridized carbons (Fsp3) is 0.375. The molecule has 6 nitrogen and oxygen atoms in total. The first-order valence-electron chi connectivity index (χ1n) is 10.6. The molecule has 2 aromatic carbocycles. The Morgan fingerprint density at radius 2 is 1.57 bits per heavy atom. The van der Waals surface area contributed by atoms with Crippen molar-refractivity contribution in [1.29, 1.82) is 0 Å². The van der Waals surface area contributed by atoms with Crippen molar-refractivity contribution in [2.24, 2.45) is 5.92 Å². The van der Waals surface area contributed by atoms with E-state index < -0.39 is 0 Å². The summed E-state index contributed by atoms with van der Waals surface area (Å²) in [6.07, 6.45) is 3.60. The van der Waals surface area contributed by atoms with E-state index in [1.807, 2.05) is 30.3 Å². The van der Waals surface area contributed by atoms with Crippen molar-refractivity contribution in [3.63, 3.8) is 0 Å². The number of anilines is 1. The van der Waals surface area contributed by atoms with Crippen LogP contribution in [0.2, 0.25) is 0 Å². The molecule has 1 aliphatic heterocycles. The Bertz CT molecular complexity index is 916. The predicted octanol–water partition coefficient (Wildman–Crippen LogP) is 3.11. The van der Waals surface area contributed by atoms with Gasteiger partial charge in [-0.25, -0.2) is 0 Å². The number of likely N-dealkylation sites (tertiary alicyclic amines) is 1. The molecular formula is C24H27N3O3. The van der Waals surface area contributed by atoms with E-state index in [0.29, 0.717) is 17.3 Å². The van der Waals surface area contributed by atoms with Gasteiger partial charge in [-0.3, -0.25) is 19.3 Å². The lowest BCUT2D eigenvalue weighted by Crippen LogP contribution is -2.40. The number of amides is 2. The molecule has 6 heteroatoms. The van der Waals surface area contributed by atoms with Gasteiger partial charge in [0, 0.05) is 28.8 Å². The van der Waals surface area contributed by atoms with Crippen LogP contribution in [0.1, 0.15) is 46.4 Å². The second-order valence-corrected chi connectivity index (χ2v) is 8.16. The van der Waals surface area contributed by atoms with Gasteiger partial charge in [-0.15, -0.1) is 0 Å². The van der Waals surface area contributed by atoms with Gasteiger partial charge in [0.2, 0.25) is 5.91 Å². The number of ketones is 1. The summed E-state index contributed by atoms with van der Waals surface area (Å²) in [5.74, 6) is 0.00991. The van der Waals surface area contributed by atoms with Crippen molar-refractivity contribution < 1.29 is 14.4 Å². The Morgan fingerprint density at radius 1 is 0.867 bits per heavy atom. The highest BCUT2D eigenvalue weighted by atomic mass is 16.2. The highest BCUT2D eigenvalue weighted by Gasteiger charge is 2.27. The Kier molecular flexibility index (Phi) is 6.23. The first kappa shape index (κ1) is 20.3. The van der Waals surface area contributed by atoms with E-state index in [1.165, 1.54) is 0 Å². The molecule has 1 saturated carbocycles. The van der Waals surface area contributed by atoms with Gasteiger partial charge in [0.1, 0.15) is 0 Å². The van der Waals surface area contributed by atoms with Gasteiger partial charge >= 0.3 is 0 Å². The average Bonchev–Trinajstić information content (AvgIpc) is 3.58. The molecule has 1 aliphatic carbocycles. The van der Waals surface area contributed by atoms with Crippen molar-refractivity contribution in [3.8, 4) is 0 Å². The molecule has 0 atom stereocenters. The quantitative estimate of drug-likeness (QED) is 0.694.